The Balaban J connectivity index is 0.00000324. The molecule has 0 unspecified atom stereocenters. The molecular weight excluding hydrogens is 478 g/mol. The van der Waals surface area contributed by atoms with Crippen molar-refractivity contribution in [3.05, 3.63) is 29.5 Å². The Bertz CT molecular complexity index is 1150. The van der Waals surface area contributed by atoms with Crippen LogP contribution < -0.4 is 10.6 Å². The smallest absolute Gasteiger partial charge is 0.407 e. The van der Waals surface area contributed by atoms with Gasteiger partial charge in [0.05, 0.1) is 18.9 Å². The number of fused-ring (bicyclic) bond motifs is 1. The molecule has 0 saturated carbocycles. The summed E-state index contributed by atoms with van der Waals surface area (Å²) in [5.74, 6) is 0.928. The molecule has 0 bridgehead atoms. The third-order valence-electron chi connectivity index (χ3n) is 5.41. The number of thiazole rings is 1. The average molecular weight is 508 g/mol. The highest BCUT2D eigenvalue weighted by Crippen LogP contribution is 2.27. The van der Waals surface area contributed by atoms with Gasteiger partial charge in [-0.2, -0.15) is 5.10 Å². The number of nitrogens with zero attached hydrogens (tertiary/aromatic N) is 5. The molecule has 0 radical (unpaired) electrons. The number of anilines is 1. The second kappa shape index (κ2) is 10.6. The zero-order valence-electron chi connectivity index (χ0n) is 19.7. The predicted octanol–water partition coefficient (Wildman–Crippen LogP) is 3.69. The van der Waals surface area contributed by atoms with E-state index in [-0.39, 0.29) is 29.8 Å². The number of likely N-dealkylation sites (tertiary alicyclic amines) is 1. The summed E-state index contributed by atoms with van der Waals surface area (Å²) >= 11 is 1.55. The summed E-state index contributed by atoms with van der Waals surface area (Å²) in [6.07, 6.45) is 4.48. The number of methoxy groups -OCH3 is 1. The summed E-state index contributed by atoms with van der Waals surface area (Å²) in [6.45, 7) is 8.15. The number of carbonyl (C=O) groups is 2. The van der Waals surface area contributed by atoms with Crippen molar-refractivity contribution in [3.63, 3.8) is 0 Å². The maximum absolute atomic E-state index is 13.4. The molecule has 1 saturated heterocycles. The Morgan fingerprint density at radius 1 is 1.24 bits per heavy atom. The Morgan fingerprint density at radius 2 is 1.97 bits per heavy atom. The van der Waals surface area contributed by atoms with E-state index in [0.717, 1.165) is 10.4 Å². The summed E-state index contributed by atoms with van der Waals surface area (Å²) in [5, 5.41) is 12.5. The highest BCUT2D eigenvalue weighted by atomic mass is 35.5. The van der Waals surface area contributed by atoms with Crippen molar-refractivity contribution in [2.24, 2.45) is 5.41 Å². The number of amides is 2. The van der Waals surface area contributed by atoms with Gasteiger partial charge in [0.15, 0.2) is 5.82 Å². The lowest BCUT2D eigenvalue weighted by Gasteiger charge is -2.32. The van der Waals surface area contributed by atoms with Crippen LogP contribution in [0.3, 0.4) is 0 Å². The van der Waals surface area contributed by atoms with Crippen molar-refractivity contribution in [1.29, 1.82) is 0 Å². The van der Waals surface area contributed by atoms with Crippen LogP contribution in [0, 0.1) is 5.41 Å². The first-order chi connectivity index (χ1) is 15.7. The van der Waals surface area contributed by atoms with Crippen LogP contribution in [0.25, 0.3) is 16.2 Å². The summed E-state index contributed by atoms with van der Waals surface area (Å²) < 4.78 is 6.45. The Kier molecular flexibility index (Phi) is 7.98. The fourth-order valence-corrected chi connectivity index (χ4v) is 4.41. The minimum absolute atomic E-state index is 0. The number of hydrogen-bond donors (Lipinski definition) is 2. The van der Waals surface area contributed by atoms with Crippen LogP contribution >= 0.6 is 23.7 Å². The first-order valence-electron chi connectivity index (χ1n) is 10.9. The quantitative estimate of drug-likeness (QED) is 0.541. The lowest BCUT2D eigenvalue weighted by atomic mass is 9.97. The highest BCUT2D eigenvalue weighted by Gasteiger charge is 2.27. The normalized spacial score (nSPS) is 14.5. The molecule has 1 aliphatic rings. The predicted molar refractivity (Wildman–Crippen MR) is 134 cm³/mol. The fraction of sp³-hybridized carbons (Fsp3) is 0.500. The van der Waals surface area contributed by atoms with E-state index in [4.69, 9.17) is 0 Å². The van der Waals surface area contributed by atoms with Crippen molar-refractivity contribution in [2.75, 3.05) is 32.1 Å². The topological polar surface area (TPSA) is 114 Å². The van der Waals surface area contributed by atoms with E-state index < -0.39 is 6.09 Å². The van der Waals surface area contributed by atoms with Crippen molar-refractivity contribution >= 4 is 46.4 Å². The van der Waals surface area contributed by atoms with Gasteiger partial charge in [-0.3, -0.25) is 4.79 Å². The second-order valence-corrected chi connectivity index (χ2v) is 10.2. The lowest BCUT2D eigenvalue weighted by Crippen LogP contribution is -2.46. The minimum atomic E-state index is -0.448. The third kappa shape index (κ3) is 5.95. The molecule has 4 heterocycles. The largest absolute Gasteiger partial charge is 0.453 e. The summed E-state index contributed by atoms with van der Waals surface area (Å²) in [5.41, 5.74) is 1.17. The van der Waals surface area contributed by atoms with Crippen molar-refractivity contribution in [1.82, 2.24) is 29.8 Å². The van der Waals surface area contributed by atoms with Gasteiger partial charge in [-0.15, -0.1) is 23.7 Å². The van der Waals surface area contributed by atoms with Gasteiger partial charge >= 0.3 is 6.09 Å². The van der Waals surface area contributed by atoms with Gasteiger partial charge in [-0.25, -0.2) is 19.3 Å². The number of halogens is 1. The number of ether oxygens (including phenoxy) is 1. The van der Waals surface area contributed by atoms with E-state index in [1.165, 1.54) is 7.11 Å². The van der Waals surface area contributed by atoms with Crippen molar-refractivity contribution in [2.45, 2.75) is 39.7 Å². The van der Waals surface area contributed by atoms with E-state index >= 15 is 0 Å². The number of hydrogen-bond acceptors (Lipinski definition) is 8. The molecule has 0 atom stereocenters. The Labute approximate surface area is 208 Å². The molecule has 0 spiro atoms. The molecule has 0 aromatic carbocycles. The van der Waals surface area contributed by atoms with Crippen LogP contribution in [-0.2, 0) is 4.74 Å². The molecule has 1 aliphatic heterocycles. The number of alkyl carbamates (subject to hydrolysis) is 1. The molecule has 4 rings (SSSR count). The Morgan fingerprint density at radius 3 is 2.65 bits per heavy atom. The molecule has 1 fully saturated rings. The van der Waals surface area contributed by atoms with Crippen LogP contribution in [0.15, 0.2) is 23.8 Å². The van der Waals surface area contributed by atoms with Crippen LogP contribution in [-0.4, -0.2) is 69.3 Å². The zero-order chi connectivity index (χ0) is 23.6. The average Bonchev–Trinajstić information content (AvgIpc) is 3.41. The number of aromatic nitrogens is 4. The number of carbonyl (C=O) groups excluding carboxylic acids is 2. The molecule has 3 aromatic rings. The van der Waals surface area contributed by atoms with Crippen LogP contribution in [0.5, 0.6) is 0 Å². The zero-order valence-corrected chi connectivity index (χ0v) is 21.3. The van der Waals surface area contributed by atoms with Gasteiger partial charge in [0.25, 0.3) is 5.91 Å². The fourth-order valence-electron chi connectivity index (χ4n) is 3.62. The summed E-state index contributed by atoms with van der Waals surface area (Å²) in [4.78, 5) is 36.8. The maximum Gasteiger partial charge on any atom is 0.407 e. The van der Waals surface area contributed by atoms with E-state index in [1.807, 2.05) is 11.6 Å². The first-order valence-corrected chi connectivity index (χ1v) is 11.8. The third-order valence-corrected chi connectivity index (χ3v) is 6.30. The van der Waals surface area contributed by atoms with Gasteiger partial charge in [-0.1, -0.05) is 20.8 Å². The van der Waals surface area contributed by atoms with Crippen LogP contribution in [0.1, 0.15) is 44.1 Å². The second-order valence-electron chi connectivity index (χ2n) is 9.29. The Hall–Kier alpha value is -2.92. The van der Waals surface area contributed by atoms with Gasteiger partial charge < -0.3 is 20.3 Å². The highest BCUT2D eigenvalue weighted by molar-refractivity contribution is 7.16. The van der Waals surface area contributed by atoms with E-state index in [0.29, 0.717) is 49.8 Å². The molecule has 10 nitrogen and oxygen atoms in total. The monoisotopic (exact) mass is 507 g/mol. The maximum atomic E-state index is 13.4. The molecule has 0 aliphatic carbocycles. The SMILES string of the molecule is COC(=O)NC1CCN(C(=O)c2cc(NCC(C)(C)C)nc(-c3cnn4ccsc34)n2)CC1.Cl. The van der Waals surface area contributed by atoms with E-state index in [2.05, 4.69) is 51.2 Å². The summed E-state index contributed by atoms with van der Waals surface area (Å²) in [7, 11) is 1.34. The van der Waals surface area contributed by atoms with Crippen molar-refractivity contribution in [3.8, 4) is 11.4 Å². The number of nitrogens with one attached hydrogen (secondary N) is 2. The standard InChI is InChI=1S/C22H29N7O3S.ClH/c1-22(2,3)13-23-17-11-16(19(30)28-7-5-14(6-8-28)25-21(31)32-4)26-18(27-17)15-12-24-29-9-10-33-20(15)29;/h9-12,14H,5-8,13H2,1-4H3,(H,25,31)(H,23,26,27);1H. The van der Waals surface area contributed by atoms with Gasteiger partial charge in [0.1, 0.15) is 16.3 Å². The van der Waals surface area contributed by atoms with E-state index in [9.17, 15) is 9.59 Å². The minimum Gasteiger partial charge on any atom is -0.453 e. The van der Waals surface area contributed by atoms with Crippen LogP contribution in [0.4, 0.5) is 10.6 Å². The van der Waals surface area contributed by atoms with Gasteiger partial charge in [-0.05, 0) is 18.3 Å². The molecule has 2 amide bonds. The molecule has 2 N–H and O–H groups in total. The molecule has 12 heteroatoms. The van der Waals surface area contributed by atoms with Crippen LogP contribution in [0.2, 0.25) is 0 Å². The summed E-state index contributed by atoms with van der Waals surface area (Å²) in [6, 6.07) is 1.71. The number of rotatable bonds is 5. The van der Waals surface area contributed by atoms with Gasteiger partial charge in [0.2, 0.25) is 0 Å². The molecule has 3 aromatic heterocycles. The van der Waals surface area contributed by atoms with Gasteiger partial charge in [0, 0.05) is 43.3 Å². The lowest BCUT2D eigenvalue weighted by molar-refractivity contribution is 0.0698. The first kappa shape index (κ1) is 25.7. The van der Waals surface area contributed by atoms with Crippen molar-refractivity contribution < 1.29 is 14.3 Å². The van der Waals surface area contributed by atoms with E-state index in [1.54, 1.807) is 33.0 Å². The molecule has 34 heavy (non-hydrogen) atoms. The number of piperidine rings is 1. The molecule has 184 valence electrons. The molecular formula is C22H30ClN7O3S.